The van der Waals surface area contributed by atoms with Crippen molar-refractivity contribution in [1.29, 1.82) is 0 Å². The third kappa shape index (κ3) is 5.36. The van der Waals surface area contributed by atoms with Crippen molar-refractivity contribution in [1.82, 2.24) is 20.5 Å². The van der Waals surface area contributed by atoms with Crippen LogP contribution in [0.4, 0.5) is 10.2 Å². The van der Waals surface area contributed by atoms with E-state index in [4.69, 9.17) is 4.99 Å². The van der Waals surface area contributed by atoms with Crippen molar-refractivity contribution in [3.63, 3.8) is 0 Å². The molecule has 2 aromatic heterocycles. The highest BCUT2D eigenvalue weighted by Gasteiger charge is 2.31. The third-order valence-electron chi connectivity index (χ3n) is 6.24. The van der Waals surface area contributed by atoms with Crippen LogP contribution in [0.15, 0.2) is 40.8 Å². The van der Waals surface area contributed by atoms with Crippen LogP contribution in [0.25, 0.3) is 0 Å². The lowest BCUT2D eigenvalue weighted by Crippen LogP contribution is -2.45. The molecule has 0 spiro atoms. The molecule has 6 nitrogen and oxygen atoms in total. The topological polar surface area (TPSA) is 55.8 Å². The second kappa shape index (κ2) is 10.4. The Labute approximate surface area is 188 Å². The van der Waals surface area contributed by atoms with Crippen molar-refractivity contribution >= 4 is 23.1 Å². The normalized spacial score (nSPS) is 25.1. The summed E-state index contributed by atoms with van der Waals surface area (Å²) in [5.41, 5.74) is 0. The lowest BCUT2D eigenvalue weighted by Gasteiger charge is -2.38. The highest BCUT2D eigenvalue weighted by Crippen LogP contribution is 2.37. The first kappa shape index (κ1) is 22.0. The van der Waals surface area contributed by atoms with E-state index in [-0.39, 0.29) is 11.9 Å². The Kier molecular flexibility index (Phi) is 7.40. The number of anilines is 1. The Bertz CT molecular complexity index is 858. The van der Waals surface area contributed by atoms with E-state index in [0.717, 1.165) is 45.1 Å². The summed E-state index contributed by atoms with van der Waals surface area (Å²) in [7, 11) is 2.23. The van der Waals surface area contributed by atoms with Gasteiger partial charge in [0.1, 0.15) is 0 Å². The van der Waals surface area contributed by atoms with Gasteiger partial charge in [0.2, 0.25) is 0 Å². The van der Waals surface area contributed by atoms with Crippen LogP contribution in [0, 0.1) is 11.7 Å². The van der Waals surface area contributed by atoms with Gasteiger partial charge in [-0.1, -0.05) is 6.07 Å². The molecular weight excluding hydrogens is 411 g/mol. The molecule has 0 aliphatic carbocycles. The van der Waals surface area contributed by atoms with Crippen LogP contribution in [-0.4, -0.2) is 61.7 Å². The maximum atomic E-state index is 14.1. The fraction of sp³-hybridized carbons (Fsp3) is 0.565. The smallest absolute Gasteiger partial charge is 0.191 e. The minimum absolute atomic E-state index is 0.223. The molecule has 4 rings (SSSR count). The van der Waals surface area contributed by atoms with Gasteiger partial charge >= 0.3 is 0 Å². The SMILES string of the molecule is CCNC(=NCC1CCCN(C)C1c1cccs1)NC1CCN(c2ncccc2F)C1. The summed E-state index contributed by atoms with van der Waals surface area (Å²) in [4.78, 5) is 15.1. The summed E-state index contributed by atoms with van der Waals surface area (Å²) in [6.07, 6.45) is 5.00. The first-order valence-electron chi connectivity index (χ1n) is 11.3. The summed E-state index contributed by atoms with van der Waals surface area (Å²) in [6, 6.07) is 8.16. The standard InChI is InChI=1S/C23H33FN6S/c1-3-25-23(28-18-10-13-30(16-18)22-19(24)8-4-11-26-22)27-15-17-7-5-12-29(2)21(17)20-9-6-14-31-20/h4,6,8-9,11,14,17-18,21H,3,5,7,10,12-13,15-16H2,1-2H3,(H2,25,27,28). The molecule has 0 amide bonds. The third-order valence-corrected chi connectivity index (χ3v) is 7.18. The number of likely N-dealkylation sites (tertiary alicyclic amines) is 1. The molecule has 2 aromatic rings. The van der Waals surface area contributed by atoms with Crippen LogP contribution < -0.4 is 15.5 Å². The second-order valence-electron chi connectivity index (χ2n) is 8.45. The number of hydrogen-bond acceptors (Lipinski definition) is 5. The summed E-state index contributed by atoms with van der Waals surface area (Å²) >= 11 is 1.84. The molecule has 168 valence electrons. The molecule has 4 heterocycles. The summed E-state index contributed by atoms with van der Waals surface area (Å²) in [5, 5.41) is 9.13. The highest BCUT2D eigenvalue weighted by atomic mass is 32.1. The van der Waals surface area contributed by atoms with E-state index in [0.29, 0.717) is 17.8 Å². The number of piperidine rings is 1. The molecular formula is C23H33FN6S. The summed E-state index contributed by atoms with van der Waals surface area (Å²) in [5.74, 6) is 1.55. The van der Waals surface area contributed by atoms with E-state index in [1.54, 1.807) is 12.3 Å². The van der Waals surface area contributed by atoms with Crippen LogP contribution in [0.2, 0.25) is 0 Å². The van der Waals surface area contributed by atoms with Crippen LogP contribution >= 0.6 is 11.3 Å². The van der Waals surface area contributed by atoms with E-state index in [2.05, 4.69) is 52.0 Å². The Morgan fingerprint density at radius 3 is 2.97 bits per heavy atom. The molecule has 2 aliphatic rings. The van der Waals surface area contributed by atoms with Gasteiger partial charge in [-0.25, -0.2) is 9.37 Å². The summed E-state index contributed by atoms with van der Waals surface area (Å²) < 4.78 is 14.1. The van der Waals surface area contributed by atoms with E-state index < -0.39 is 0 Å². The van der Waals surface area contributed by atoms with E-state index in [1.807, 2.05) is 16.2 Å². The van der Waals surface area contributed by atoms with Crippen molar-refractivity contribution in [2.45, 2.75) is 38.3 Å². The Hall–Kier alpha value is -2.19. The molecule has 0 radical (unpaired) electrons. The van der Waals surface area contributed by atoms with Crippen molar-refractivity contribution in [3.05, 3.63) is 46.5 Å². The van der Waals surface area contributed by atoms with Gasteiger partial charge in [-0.05, 0) is 69.3 Å². The van der Waals surface area contributed by atoms with Gasteiger partial charge < -0.3 is 15.5 Å². The number of aliphatic imine (C=N–C) groups is 1. The fourth-order valence-corrected chi connectivity index (χ4v) is 5.75. The van der Waals surface area contributed by atoms with E-state index >= 15 is 0 Å². The molecule has 3 unspecified atom stereocenters. The highest BCUT2D eigenvalue weighted by molar-refractivity contribution is 7.10. The van der Waals surface area contributed by atoms with Gasteiger partial charge in [-0.3, -0.25) is 9.89 Å². The number of rotatable bonds is 6. The minimum atomic E-state index is -0.259. The number of nitrogens with zero attached hydrogens (tertiary/aromatic N) is 4. The number of guanidine groups is 1. The molecule has 2 saturated heterocycles. The van der Waals surface area contributed by atoms with Crippen LogP contribution in [-0.2, 0) is 0 Å². The maximum absolute atomic E-state index is 14.1. The maximum Gasteiger partial charge on any atom is 0.191 e. The lowest BCUT2D eigenvalue weighted by atomic mass is 9.88. The second-order valence-corrected chi connectivity index (χ2v) is 9.43. The molecule has 31 heavy (non-hydrogen) atoms. The molecule has 0 bridgehead atoms. The number of thiophene rings is 1. The quantitative estimate of drug-likeness (QED) is 0.528. The Morgan fingerprint density at radius 2 is 2.19 bits per heavy atom. The average molecular weight is 445 g/mol. The zero-order valence-corrected chi connectivity index (χ0v) is 19.2. The van der Waals surface area contributed by atoms with Gasteiger partial charge in [0.25, 0.3) is 0 Å². The predicted octanol–water partition coefficient (Wildman–Crippen LogP) is 3.50. The molecule has 0 saturated carbocycles. The van der Waals surface area contributed by atoms with Crippen molar-refractivity contribution < 1.29 is 4.39 Å². The zero-order chi connectivity index (χ0) is 21.6. The van der Waals surface area contributed by atoms with Crippen LogP contribution in [0.1, 0.15) is 37.1 Å². The van der Waals surface area contributed by atoms with Crippen molar-refractivity contribution in [2.75, 3.05) is 44.7 Å². The van der Waals surface area contributed by atoms with Gasteiger partial charge in [0.15, 0.2) is 17.6 Å². The minimum Gasteiger partial charge on any atom is -0.357 e. The van der Waals surface area contributed by atoms with E-state index in [1.165, 1.54) is 23.8 Å². The van der Waals surface area contributed by atoms with E-state index in [9.17, 15) is 4.39 Å². The largest absolute Gasteiger partial charge is 0.357 e. The first-order chi connectivity index (χ1) is 15.2. The number of aromatic nitrogens is 1. The molecule has 3 atom stereocenters. The fourth-order valence-electron chi connectivity index (χ4n) is 4.76. The van der Waals surface area contributed by atoms with Gasteiger partial charge in [0.05, 0.1) is 0 Å². The van der Waals surface area contributed by atoms with Crippen molar-refractivity contribution in [3.8, 4) is 0 Å². The van der Waals surface area contributed by atoms with Crippen LogP contribution in [0.3, 0.4) is 0 Å². The monoisotopic (exact) mass is 444 g/mol. The Morgan fingerprint density at radius 1 is 1.29 bits per heavy atom. The molecule has 2 fully saturated rings. The predicted molar refractivity (Wildman–Crippen MR) is 126 cm³/mol. The van der Waals surface area contributed by atoms with Crippen LogP contribution in [0.5, 0.6) is 0 Å². The van der Waals surface area contributed by atoms with Gasteiger partial charge in [-0.15, -0.1) is 11.3 Å². The molecule has 0 aromatic carbocycles. The van der Waals surface area contributed by atoms with Crippen molar-refractivity contribution in [2.24, 2.45) is 10.9 Å². The summed E-state index contributed by atoms with van der Waals surface area (Å²) in [6.45, 7) is 6.36. The number of halogens is 1. The molecule has 2 aliphatic heterocycles. The number of nitrogens with one attached hydrogen (secondary N) is 2. The van der Waals surface area contributed by atoms with Gasteiger partial charge in [0, 0.05) is 49.3 Å². The average Bonchev–Trinajstić information content (AvgIpc) is 3.45. The molecule has 8 heteroatoms. The zero-order valence-electron chi connectivity index (χ0n) is 18.4. The first-order valence-corrected chi connectivity index (χ1v) is 12.2. The lowest BCUT2D eigenvalue weighted by molar-refractivity contribution is 0.128. The Balaban J connectivity index is 1.40. The van der Waals surface area contributed by atoms with Gasteiger partial charge in [-0.2, -0.15) is 0 Å². The number of pyridine rings is 1. The number of hydrogen-bond donors (Lipinski definition) is 2. The molecule has 2 N–H and O–H groups in total.